The van der Waals surface area contributed by atoms with Crippen molar-refractivity contribution in [2.45, 2.75) is 44.8 Å². The molecule has 3 unspecified atom stereocenters. The lowest BCUT2D eigenvalue weighted by Crippen LogP contribution is -2.30. The van der Waals surface area contributed by atoms with Crippen LogP contribution in [0.2, 0.25) is 0 Å². The van der Waals surface area contributed by atoms with E-state index >= 15 is 0 Å². The molecule has 0 bridgehead atoms. The Balaban J connectivity index is 1.61. The molecule has 1 N–H and O–H groups in total. The van der Waals surface area contributed by atoms with Gasteiger partial charge in [-0.3, -0.25) is 0 Å². The molecule has 2 nitrogen and oxygen atoms in total. The third-order valence-corrected chi connectivity index (χ3v) is 5.05. The van der Waals surface area contributed by atoms with Gasteiger partial charge >= 0.3 is 0 Å². The SMILES string of the molecule is CCC1OCCC1CNC1CCc2cc(Br)ccc21. The van der Waals surface area contributed by atoms with E-state index in [2.05, 4.69) is 46.4 Å². The third-order valence-electron chi connectivity index (χ3n) is 4.56. The van der Waals surface area contributed by atoms with Gasteiger partial charge in [-0.05, 0) is 54.9 Å². The number of rotatable bonds is 4. The van der Waals surface area contributed by atoms with Gasteiger partial charge in [-0.25, -0.2) is 0 Å². The van der Waals surface area contributed by atoms with Crippen molar-refractivity contribution in [3.05, 3.63) is 33.8 Å². The minimum absolute atomic E-state index is 0.471. The summed E-state index contributed by atoms with van der Waals surface area (Å²) in [5, 5.41) is 3.77. The third kappa shape index (κ3) is 2.88. The zero-order chi connectivity index (χ0) is 13.2. The highest BCUT2D eigenvalue weighted by atomic mass is 79.9. The summed E-state index contributed by atoms with van der Waals surface area (Å²) in [6, 6.07) is 7.24. The Morgan fingerprint density at radius 1 is 1.37 bits per heavy atom. The lowest BCUT2D eigenvalue weighted by atomic mass is 9.98. The summed E-state index contributed by atoms with van der Waals surface area (Å²) >= 11 is 3.56. The molecule has 0 spiro atoms. The smallest absolute Gasteiger partial charge is 0.0613 e. The van der Waals surface area contributed by atoms with Crippen LogP contribution in [0.5, 0.6) is 0 Å². The summed E-state index contributed by atoms with van der Waals surface area (Å²) in [4.78, 5) is 0. The summed E-state index contributed by atoms with van der Waals surface area (Å²) < 4.78 is 6.97. The van der Waals surface area contributed by atoms with Gasteiger partial charge in [0.2, 0.25) is 0 Å². The maximum atomic E-state index is 5.77. The second-order valence-corrected chi connectivity index (χ2v) is 6.62. The van der Waals surface area contributed by atoms with E-state index in [1.165, 1.54) is 34.9 Å². The molecule has 1 aromatic carbocycles. The molecule has 104 valence electrons. The quantitative estimate of drug-likeness (QED) is 0.908. The lowest BCUT2D eigenvalue weighted by molar-refractivity contribution is 0.0866. The average Bonchev–Trinajstić information content (AvgIpc) is 3.01. The average molecular weight is 324 g/mol. The number of nitrogens with one attached hydrogen (secondary N) is 1. The van der Waals surface area contributed by atoms with Crippen molar-refractivity contribution in [3.63, 3.8) is 0 Å². The first-order valence-electron chi connectivity index (χ1n) is 7.41. The van der Waals surface area contributed by atoms with E-state index in [4.69, 9.17) is 4.74 Å². The molecule has 1 saturated heterocycles. The summed E-state index contributed by atoms with van der Waals surface area (Å²) in [6.07, 6.45) is 5.26. The molecular formula is C16H22BrNO. The van der Waals surface area contributed by atoms with E-state index in [0.29, 0.717) is 18.1 Å². The molecule has 0 saturated carbocycles. The number of ether oxygens (including phenoxy) is 1. The fraction of sp³-hybridized carbons (Fsp3) is 0.625. The van der Waals surface area contributed by atoms with Crippen molar-refractivity contribution in [1.29, 1.82) is 0 Å². The Bertz CT molecular complexity index is 448. The van der Waals surface area contributed by atoms with E-state index < -0.39 is 0 Å². The van der Waals surface area contributed by atoms with Crippen molar-refractivity contribution < 1.29 is 4.74 Å². The molecule has 0 aromatic heterocycles. The van der Waals surface area contributed by atoms with Crippen LogP contribution in [0.4, 0.5) is 0 Å². The standard InChI is InChI=1S/C16H22BrNO/c1-2-16-12(7-8-19-16)10-18-15-6-3-11-9-13(17)4-5-14(11)15/h4-5,9,12,15-16,18H,2-3,6-8,10H2,1H3. The van der Waals surface area contributed by atoms with E-state index in [-0.39, 0.29) is 0 Å². The molecule has 2 aliphatic rings. The van der Waals surface area contributed by atoms with Gasteiger partial charge in [0, 0.05) is 23.7 Å². The first-order chi connectivity index (χ1) is 9.28. The van der Waals surface area contributed by atoms with Crippen LogP contribution in [0.15, 0.2) is 22.7 Å². The minimum Gasteiger partial charge on any atom is -0.378 e. The second kappa shape index (κ2) is 5.94. The first kappa shape index (κ1) is 13.6. The van der Waals surface area contributed by atoms with Crippen molar-refractivity contribution in [1.82, 2.24) is 5.32 Å². The van der Waals surface area contributed by atoms with Gasteiger partial charge in [-0.1, -0.05) is 28.9 Å². The van der Waals surface area contributed by atoms with Gasteiger partial charge in [0.1, 0.15) is 0 Å². The summed E-state index contributed by atoms with van der Waals surface area (Å²) in [7, 11) is 0. The van der Waals surface area contributed by atoms with Crippen molar-refractivity contribution in [2.75, 3.05) is 13.2 Å². The highest BCUT2D eigenvalue weighted by Gasteiger charge is 2.28. The first-order valence-corrected chi connectivity index (χ1v) is 8.20. The number of benzene rings is 1. The molecule has 0 amide bonds. The Kier molecular flexibility index (Phi) is 4.25. The number of fused-ring (bicyclic) bond motifs is 1. The van der Waals surface area contributed by atoms with Crippen LogP contribution in [-0.2, 0) is 11.2 Å². The predicted molar refractivity (Wildman–Crippen MR) is 81.3 cm³/mol. The molecule has 1 aliphatic carbocycles. The van der Waals surface area contributed by atoms with E-state index in [1.54, 1.807) is 0 Å². The molecular weight excluding hydrogens is 302 g/mol. The van der Waals surface area contributed by atoms with E-state index in [9.17, 15) is 0 Å². The van der Waals surface area contributed by atoms with E-state index in [1.807, 2.05) is 0 Å². The zero-order valence-corrected chi connectivity index (χ0v) is 13.1. The van der Waals surface area contributed by atoms with Crippen LogP contribution >= 0.6 is 15.9 Å². The molecule has 1 fully saturated rings. The topological polar surface area (TPSA) is 21.3 Å². The number of hydrogen-bond donors (Lipinski definition) is 1. The van der Waals surface area contributed by atoms with Gasteiger partial charge in [0.05, 0.1) is 6.10 Å². The molecule has 3 atom stereocenters. The molecule has 1 aliphatic heterocycles. The van der Waals surface area contributed by atoms with Crippen LogP contribution in [0.25, 0.3) is 0 Å². The minimum atomic E-state index is 0.471. The molecule has 1 aromatic rings. The van der Waals surface area contributed by atoms with E-state index in [0.717, 1.165) is 19.6 Å². The molecule has 1 heterocycles. The van der Waals surface area contributed by atoms with Crippen molar-refractivity contribution in [2.24, 2.45) is 5.92 Å². The fourth-order valence-electron chi connectivity index (χ4n) is 3.47. The summed E-state index contributed by atoms with van der Waals surface area (Å²) in [5.74, 6) is 0.699. The molecule has 3 heteroatoms. The Morgan fingerprint density at radius 2 is 2.26 bits per heavy atom. The number of aryl methyl sites for hydroxylation is 1. The van der Waals surface area contributed by atoms with Gasteiger partial charge in [-0.2, -0.15) is 0 Å². The highest BCUT2D eigenvalue weighted by molar-refractivity contribution is 9.10. The van der Waals surface area contributed by atoms with Crippen molar-refractivity contribution in [3.8, 4) is 0 Å². The fourth-order valence-corrected chi connectivity index (χ4v) is 3.88. The lowest BCUT2D eigenvalue weighted by Gasteiger charge is -2.21. The summed E-state index contributed by atoms with van der Waals surface area (Å²) in [5.41, 5.74) is 3.00. The molecule has 19 heavy (non-hydrogen) atoms. The largest absolute Gasteiger partial charge is 0.378 e. The van der Waals surface area contributed by atoms with Gasteiger partial charge in [0.25, 0.3) is 0 Å². The van der Waals surface area contributed by atoms with Gasteiger partial charge in [0.15, 0.2) is 0 Å². The number of halogens is 1. The van der Waals surface area contributed by atoms with Crippen LogP contribution in [0, 0.1) is 5.92 Å². The Morgan fingerprint density at radius 3 is 3.11 bits per heavy atom. The summed E-state index contributed by atoms with van der Waals surface area (Å²) in [6.45, 7) is 4.27. The van der Waals surface area contributed by atoms with Gasteiger partial charge < -0.3 is 10.1 Å². The zero-order valence-electron chi connectivity index (χ0n) is 11.5. The normalized spacial score (nSPS) is 29.7. The second-order valence-electron chi connectivity index (χ2n) is 5.71. The molecule has 0 radical (unpaired) electrons. The van der Waals surface area contributed by atoms with Gasteiger partial charge in [-0.15, -0.1) is 0 Å². The van der Waals surface area contributed by atoms with Crippen LogP contribution < -0.4 is 5.32 Å². The maximum Gasteiger partial charge on any atom is 0.0613 e. The highest BCUT2D eigenvalue weighted by Crippen LogP contribution is 2.33. The molecule has 3 rings (SSSR count). The van der Waals surface area contributed by atoms with Crippen molar-refractivity contribution >= 4 is 15.9 Å². The monoisotopic (exact) mass is 323 g/mol. The number of hydrogen-bond acceptors (Lipinski definition) is 2. The predicted octanol–water partition coefficient (Wildman–Crippen LogP) is 3.84. The van der Waals surface area contributed by atoms with Crippen LogP contribution in [0.3, 0.4) is 0 Å². The Hall–Kier alpha value is -0.380. The van der Waals surface area contributed by atoms with Crippen LogP contribution in [0.1, 0.15) is 43.4 Å². The maximum absolute atomic E-state index is 5.77. The van der Waals surface area contributed by atoms with Crippen LogP contribution in [-0.4, -0.2) is 19.3 Å². The Labute approximate surface area is 124 Å².